The van der Waals surface area contributed by atoms with Gasteiger partial charge in [0.2, 0.25) is 0 Å². The van der Waals surface area contributed by atoms with E-state index in [4.69, 9.17) is 19.4 Å². The van der Waals surface area contributed by atoms with Crippen molar-refractivity contribution in [2.75, 3.05) is 26.9 Å². The van der Waals surface area contributed by atoms with Crippen LogP contribution in [0.5, 0.6) is 6.01 Å². The highest BCUT2D eigenvalue weighted by Crippen LogP contribution is 2.23. The van der Waals surface area contributed by atoms with Crippen molar-refractivity contribution in [3.8, 4) is 17.3 Å². The Balaban J connectivity index is 0.000000429. The molecule has 3 aromatic rings. The smallest absolute Gasteiger partial charge is 0.430 e. The standard InChI is InChI=1S/C19H21N5O4.C2HF3O2/c1-27-18-20-10-13(11-21-18)15-14-4-2-3-7-24(14)16(22-15)17(26)23-19(12-25)5-8-28-9-6-19;3-2(4,5)1(6)7/h2-4,7,10-11,25H,5-6,8-9,12H2,1H3,(H,23,26);(H,6,7). The maximum atomic E-state index is 13.1. The molecule has 0 aromatic carbocycles. The molecular formula is C21H22F3N5O6. The second-order valence-electron chi connectivity index (χ2n) is 7.55. The van der Waals surface area contributed by atoms with Crippen LogP contribution < -0.4 is 19.6 Å². The summed E-state index contributed by atoms with van der Waals surface area (Å²) in [4.78, 5) is 33.3. The lowest BCUT2D eigenvalue weighted by Gasteiger charge is -2.35. The van der Waals surface area contributed by atoms with Crippen molar-refractivity contribution in [2.45, 2.75) is 24.6 Å². The molecule has 0 unspecified atom stereocenters. The quantitative estimate of drug-likeness (QED) is 0.409. The first-order valence-corrected chi connectivity index (χ1v) is 10.3. The lowest BCUT2D eigenvalue weighted by Crippen LogP contribution is -2.55. The zero-order valence-electron chi connectivity index (χ0n) is 18.5. The predicted octanol–water partition coefficient (Wildman–Crippen LogP) is -0.211. The highest BCUT2D eigenvalue weighted by Gasteiger charge is 2.37. The largest absolute Gasteiger partial charge is 0.542 e. The molecule has 0 bridgehead atoms. The Bertz CT molecular complexity index is 1180. The number of carbonyl (C=O) groups is 2. The number of aromatic nitrogens is 4. The van der Waals surface area contributed by atoms with Gasteiger partial charge in [-0.25, -0.2) is 15.0 Å². The van der Waals surface area contributed by atoms with Crippen LogP contribution in [0.25, 0.3) is 16.8 Å². The van der Waals surface area contributed by atoms with Crippen LogP contribution in [0.2, 0.25) is 0 Å². The topological polar surface area (TPSA) is 154 Å². The van der Waals surface area contributed by atoms with E-state index in [1.165, 1.54) is 7.11 Å². The molecule has 1 aliphatic heterocycles. The summed E-state index contributed by atoms with van der Waals surface area (Å²) in [5.41, 5.74) is 1.59. The van der Waals surface area contributed by atoms with Crippen LogP contribution in [0.15, 0.2) is 36.8 Å². The lowest BCUT2D eigenvalue weighted by atomic mass is 9.91. The zero-order chi connectivity index (χ0) is 25.6. The molecule has 0 aliphatic carbocycles. The molecule has 4 heterocycles. The van der Waals surface area contributed by atoms with E-state index in [2.05, 4.69) is 20.3 Å². The maximum absolute atomic E-state index is 13.1. The molecule has 14 heteroatoms. The van der Waals surface area contributed by atoms with E-state index >= 15 is 0 Å². The van der Waals surface area contributed by atoms with Gasteiger partial charge in [0.15, 0.2) is 11.2 Å². The van der Waals surface area contributed by atoms with Gasteiger partial charge >= 0.3 is 23.9 Å². The average Bonchev–Trinajstić information content (AvgIpc) is 3.24. The number of aliphatic carboxylic acids is 1. The molecule has 4 rings (SSSR count). The van der Waals surface area contributed by atoms with Crippen LogP contribution in [0.4, 0.5) is 13.2 Å². The number of pyridine rings is 1. The third-order valence-corrected chi connectivity index (χ3v) is 5.28. The molecule has 0 spiro atoms. The van der Waals surface area contributed by atoms with E-state index in [0.29, 0.717) is 31.9 Å². The van der Waals surface area contributed by atoms with E-state index in [-0.39, 0.29) is 18.5 Å². The van der Waals surface area contributed by atoms with E-state index < -0.39 is 17.7 Å². The molecule has 3 N–H and O–H groups in total. The van der Waals surface area contributed by atoms with Gasteiger partial charge in [0.25, 0.3) is 0 Å². The fourth-order valence-corrected chi connectivity index (χ4v) is 3.41. The van der Waals surface area contributed by atoms with Gasteiger partial charge in [-0.15, -0.1) is 0 Å². The number of methoxy groups -OCH3 is 1. The summed E-state index contributed by atoms with van der Waals surface area (Å²) < 4.78 is 43.7. The first-order valence-electron chi connectivity index (χ1n) is 10.3. The average molecular weight is 497 g/mol. The number of aromatic amines is 1. The number of fused-ring (bicyclic) bond motifs is 1. The van der Waals surface area contributed by atoms with Crippen molar-refractivity contribution in [1.29, 1.82) is 0 Å². The van der Waals surface area contributed by atoms with Gasteiger partial charge in [-0.05, 0) is 25.0 Å². The zero-order valence-corrected chi connectivity index (χ0v) is 18.5. The predicted molar refractivity (Wildman–Crippen MR) is 110 cm³/mol. The van der Waals surface area contributed by atoms with E-state index in [9.17, 15) is 23.1 Å². The number of ether oxygens (including phenoxy) is 2. The number of carboxylic acids is 1. The van der Waals surface area contributed by atoms with Gasteiger partial charge < -0.3 is 29.8 Å². The minimum atomic E-state index is -5.19. The summed E-state index contributed by atoms with van der Waals surface area (Å²) in [6.45, 7) is 0.881. The molecule has 11 nitrogen and oxygen atoms in total. The molecule has 35 heavy (non-hydrogen) atoms. The van der Waals surface area contributed by atoms with Crippen LogP contribution in [0.3, 0.4) is 0 Å². The first kappa shape index (κ1) is 25.8. The van der Waals surface area contributed by atoms with Crippen LogP contribution in [0.1, 0.15) is 23.5 Å². The minimum Gasteiger partial charge on any atom is -0.542 e. The normalized spacial score (nSPS) is 15.1. The van der Waals surface area contributed by atoms with Gasteiger partial charge in [-0.3, -0.25) is 4.79 Å². The summed E-state index contributed by atoms with van der Waals surface area (Å²) in [5, 5.41) is 21.7. The molecule has 3 aromatic heterocycles. The second-order valence-corrected chi connectivity index (χ2v) is 7.55. The van der Waals surface area contributed by atoms with Crippen LogP contribution in [-0.4, -0.2) is 70.6 Å². The Kier molecular flexibility index (Phi) is 7.86. The molecule has 0 atom stereocenters. The summed E-state index contributed by atoms with van der Waals surface area (Å²) in [5.74, 6) is -2.94. The van der Waals surface area contributed by atoms with Gasteiger partial charge in [0.1, 0.15) is 5.97 Å². The Morgan fingerprint density at radius 3 is 2.46 bits per heavy atom. The number of aliphatic hydroxyl groups excluding tert-OH is 1. The maximum Gasteiger partial charge on any atom is 0.430 e. The third-order valence-electron chi connectivity index (χ3n) is 5.28. The number of amides is 1. The minimum absolute atomic E-state index is 0.134. The number of hydrogen-bond donors (Lipinski definition) is 3. The number of nitrogens with one attached hydrogen (secondary N) is 2. The molecule has 1 saturated heterocycles. The number of rotatable bonds is 5. The molecule has 188 valence electrons. The van der Waals surface area contributed by atoms with Crippen LogP contribution in [-0.2, 0) is 9.53 Å². The van der Waals surface area contributed by atoms with E-state index in [0.717, 1.165) is 16.8 Å². The number of alkyl halides is 3. The number of imidazole rings is 1. The molecule has 1 amide bonds. The number of carbonyl (C=O) groups excluding carboxylic acids is 2. The van der Waals surface area contributed by atoms with E-state index in [1.807, 2.05) is 24.4 Å². The summed E-state index contributed by atoms with van der Waals surface area (Å²) in [7, 11) is 1.50. The van der Waals surface area contributed by atoms with Gasteiger partial charge in [0, 0.05) is 25.6 Å². The van der Waals surface area contributed by atoms with Crippen molar-refractivity contribution in [2.24, 2.45) is 0 Å². The number of aliphatic hydroxyl groups is 1. The fourth-order valence-electron chi connectivity index (χ4n) is 3.41. The second kappa shape index (κ2) is 10.7. The van der Waals surface area contributed by atoms with Crippen molar-refractivity contribution in [3.63, 3.8) is 0 Å². The van der Waals surface area contributed by atoms with E-state index in [1.54, 1.807) is 16.8 Å². The summed E-state index contributed by atoms with van der Waals surface area (Å²) in [6, 6.07) is 5.92. The Hall–Kier alpha value is -3.78. The lowest BCUT2D eigenvalue weighted by molar-refractivity contribution is -0.514. The molecule has 1 fully saturated rings. The Labute approximate surface area is 196 Å². The van der Waals surface area contributed by atoms with Crippen molar-refractivity contribution >= 4 is 17.4 Å². The first-order chi connectivity index (χ1) is 16.6. The number of nitrogens with zero attached hydrogens (tertiary/aromatic N) is 3. The Morgan fingerprint density at radius 2 is 1.91 bits per heavy atom. The van der Waals surface area contributed by atoms with Gasteiger partial charge in [-0.1, -0.05) is 6.07 Å². The van der Waals surface area contributed by atoms with Gasteiger partial charge in [0.05, 0.1) is 31.0 Å². The summed E-state index contributed by atoms with van der Waals surface area (Å²) in [6.07, 6.45) is 1.03. The highest BCUT2D eigenvalue weighted by molar-refractivity contribution is 5.92. The number of H-pyrrole nitrogens is 1. The van der Waals surface area contributed by atoms with Crippen LogP contribution in [0, 0.1) is 0 Å². The molecule has 0 saturated carbocycles. The van der Waals surface area contributed by atoms with Crippen molar-refractivity contribution < 1.29 is 46.8 Å². The van der Waals surface area contributed by atoms with Crippen LogP contribution >= 0.6 is 0 Å². The highest BCUT2D eigenvalue weighted by atomic mass is 19.4. The number of halogens is 3. The van der Waals surface area contributed by atoms with Gasteiger partial charge in [-0.2, -0.15) is 17.6 Å². The third kappa shape index (κ3) is 6.02. The number of carboxylic acid groups (broad SMARTS) is 1. The monoisotopic (exact) mass is 497 g/mol. The molecule has 1 aliphatic rings. The molecule has 0 radical (unpaired) electrons. The molecular weight excluding hydrogens is 475 g/mol. The van der Waals surface area contributed by atoms with Crippen molar-refractivity contribution in [3.05, 3.63) is 42.6 Å². The summed E-state index contributed by atoms with van der Waals surface area (Å²) >= 11 is 0. The SMILES string of the molecule is COc1ncc(-c2[nH]c(C(=O)NC3(CO)CCOCC3)[n+]3ccccc23)cn1.O=C([O-])C(F)(F)F. The van der Waals surface area contributed by atoms with Crippen molar-refractivity contribution in [1.82, 2.24) is 20.3 Å². The number of hydrogen-bond acceptors (Lipinski definition) is 8. The fraction of sp³-hybridized carbons (Fsp3) is 0.381. The Morgan fingerprint density at radius 1 is 1.29 bits per heavy atom.